The van der Waals surface area contributed by atoms with Gasteiger partial charge < -0.3 is 23.1 Å². The zero-order valence-electron chi connectivity index (χ0n) is 28.7. The molecule has 43 heavy (non-hydrogen) atoms. The molecule has 4 aliphatic carbocycles. The maximum absolute atomic E-state index is 12.6. The molecule has 0 amide bonds. The van der Waals surface area contributed by atoms with E-state index in [1.807, 2.05) is 13.8 Å². The molecule has 0 aliphatic heterocycles. The monoisotopic (exact) mass is 638 g/mol. The molecule has 244 valence electrons. The van der Waals surface area contributed by atoms with Crippen molar-refractivity contribution >= 4 is 40.5 Å². The van der Waals surface area contributed by atoms with Crippen molar-refractivity contribution in [3.8, 4) is 0 Å². The summed E-state index contributed by atoms with van der Waals surface area (Å²) >= 11 is 0. The zero-order valence-corrected chi connectivity index (χ0v) is 30.7. The van der Waals surface area contributed by atoms with Gasteiger partial charge in [-0.25, -0.2) is 0 Å². The van der Waals surface area contributed by atoms with E-state index in [-0.39, 0.29) is 70.6 Å². The van der Waals surface area contributed by atoms with Crippen LogP contribution in [0.25, 0.3) is 0 Å². The first-order valence-electron chi connectivity index (χ1n) is 15.8. The van der Waals surface area contributed by atoms with Crippen LogP contribution in [0.1, 0.15) is 82.1 Å². The van der Waals surface area contributed by atoms with Crippen LogP contribution < -0.4 is 0 Å². The fourth-order valence-electron chi connectivity index (χ4n) is 11.4. The highest BCUT2D eigenvalue weighted by molar-refractivity contribution is 6.89. The van der Waals surface area contributed by atoms with Crippen molar-refractivity contribution < 1.29 is 42.2 Å². The van der Waals surface area contributed by atoms with Gasteiger partial charge in [-0.1, -0.05) is 41.5 Å². The van der Waals surface area contributed by atoms with Gasteiger partial charge >= 0.3 is 23.9 Å². The Balaban J connectivity index is 1.78. The molecular weight excluding hydrogens is 585 g/mol. The Labute approximate surface area is 259 Å². The molecule has 0 heterocycles. The molecule has 0 aromatic rings. The quantitative estimate of drug-likeness (QED) is 0.179. The molecule has 4 fully saturated rings. The molecule has 9 nitrogen and oxygen atoms in total. The van der Waals surface area contributed by atoms with Gasteiger partial charge in [0, 0.05) is 49.6 Å². The smallest absolute Gasteiger partial charge is 0.302 e. The molecule has 0 N–H and O–H groups in total. The first-order valence-corrected chi connectivity index (χ1v) is 21.7. The van der Waals surface area contributed by atoms with Crippen LogP contribution >= 0.6 is 0 Å². The fraction of sp³-hybridized carbons (Fsp3) is 0.875. The van der Waals surface area contributed by atoms with Crippen LogP contribution in [-0.2, 0) is 42.2 Å². The van der Waals surface area contributed by atoms with Crippen LogP contribution in [0.5, 0.6) is 0 Å². The summed E-state index contributed by atoms with van der Waals surface area (Å²) in [6, 6.07) is 0. The highest BCUT2D eigenvalue weighted by Crippen LogP contribution is 2.88. The molecule has 0 radical (unpaired) electrons. The van der Waals surface area contributed by atoms with Crippen LogP contribution in [0.3, 0.4) is 0 Å². The van der Waals surface area contributed by atoms with E-state index in [1.54, 1.807) is 0 Å². The van der Waals surface area contributed by atoms with Crippen molar-refractivity contribution in [1.82, 2.24) is 0 Å². The third-order valence-electron chi connectivity index (χ3n) is 12.5. The van der Waals surface area contributed by atoms with Gasteiger partial charge in [-0.2, -0.15) is 0 Å². The minimum atomic E-state index is -2.75. The predicted octanol–water partition coefficient (Wildman–Crippen LogP) is 6.01. The topological polar surface area (TPSA) is 114 Å². The van der Waals surface area contributed by atoms with Gasteiger partial charge in [-0.05, 0) is 61.7 Å². The summed E-state index contributed by atoms with van der Waals surface area (Å²) in [6.45, 7) is 27.8. The second-order valence-corrected chi connectivity index (χ2v) is 24.5. The van der Waals surface area contributed by atoms with Crippen molar-refractivity contribution in [2.45, 2.75) is 143 Å². The Kier molecular flexibility index (Phi) is 8.26. The third-order valence-corrected chi connectivity index (χ3v) is 23.1. The summed E-state index contributed by atoms with van der Waals surface area (Å²) in [6.07, 6.45) is -0.204. The molecule has 0 aromatic carbocycles. The molecule has 0 saturated heterocycles. The fourth-order valence-corrected chi connectivity index (χ4v) is 25.8. The number of hydrogen-bond acceptors (Lipinski definition) is 9. The van der Waals surface area contributed by atoms with E-state index in [0.717, 1.165) is 0 Å². The van der Waals surface area contributed by atoms with Crippen molar-refractivity contribution in [3.05, 3.63) is 0 Å². The number of carbonyl (C=O) groups is 4. The predicted molar refractivity (Wildman–Crippen MR) is 166 cm³/mol. The molecule has 4 rings (SSSR count). The van der Waals surface area contributed by atoms with E-state index in [2.05, 4.69) is 53.9 Å². The highest BCUT2D eigenvalue weighted by Gasteiger charge is 2.88. The lowest BCUT2D eigenvalue weighted by atomic mass is 9.84. The Morgan fingerprint density at radius 3 is 1.09 bits per heavy atom. The molecule has 0 aromatic heterocycles. The summed E-state index contributed by atoms with van der Waals surface area (Å²) in [7, 11) is -5.50. The van der Waals surface area contributed by atoms with Gasteiger partial charge in [0.25, 0.3) is 0 Å². The molecular formula is C32H54O9Si2. The maximum atomic E-state index is 12.6. The van der Waals surface area contributed by atoms with E-state index in [0.29, 0.717) is 12.8 Å². The van der Waals surface area contributed by atoms with E-state index >= 15 is 0 Å². The van der Waals surface area contributed by atoms with Crippen molar-refractivity contribution in [1.29, 1.82) is 0 Å². The zero-order chi connectivity index (χ0) is 32.9. The second-order valence-electron chi connectivity index (χ2n) is 16.0. The van der Waals surface area contributed by atoms with Crippen LogP contribution in [-0.4, -0.2) is 64.9 Å². The third kappa shape index (κ3) is 4.68. The van der Waals surface area contributed by atoms with Gasteiger partial charge in [0.05, 0.1) is 0 Å². The summed E-state index contributed by atoms with van der Waals surface area (Å²) in [5, 5.41) is -0.788. The minimum Gasteiger partial charge on any atom is -0.462 e. The van der Waals surface area contributed by atoms with Gasteiger partial charge in [0.1, 0.15) is 24.4 Å². The second kappa shape index (κ2) is 10.4. The number of esters is 4. The highest BCUT2D eigenvalue weighted by atomic mass is 28.4. The normalized spacial score (nSPS) is 40.7. The molecule has 10 atom stereocenters. The number of carbonyl (C=O) groups excluding carboxylic acids is 4. The molecule has 0 spiro atoms. The molecule has 0 bridgehead atoms. The average Bonchev–Trinajstić information content (AvgIpc) is 3.54. The summed E-state index contributed by atoms with van der Waals surface area (Å²) in [5.41, 5.74) is -0.412. The lowest BCUT2D eigenvalue weighted by Crippen LogP contribution is -2.62. The first-order chi connectivity index (χ1) is 19.4. The maximum Gasteiger partial charge on any atom is 0.302 e. The van der Waals surface area contributed by atoms with Crippen LogP contribution in [0.2, 0.25) is 36.3 Å². The van der Waals surface area contributed by atoms with Crippen LogP contribution in [0.4, 0.5) is 0 Å². The lowest BCUT2D eigenvalue weighted by molar-refractivity contribution is -0.165. The Morgan fingerprint density at radius 1 is 0.558 bits per heavy atom. The molecule has 11 heteroatoms. The standard InChI is InChI=1S/C32H54O9Si2/c1-17-23(37-19(3)33)15-25-29(7,8)31(25,27(17)39-21(5)35)42(11,12)41-43(13,14)32-26(30(32,9)10)16-24(38-20(4)34)18(2)28(32)40-22(6)36/h17-18,23-28H,15-16H2,1-14H3/t17-,18-,23-,24-,25?,26?,27+,28+,31+,32+/m0/s1. The SMILES string of the molecule is CC(=O)O[C@H]1CC2C(C)(C)[C@]2([Si](C)(C)O[Si](C)(C)[C@]23C(C[C@H](OC(C)=O)[C@H](C)[C@H]2OC(C)=O)C3(C)C)[C@H](OC(C)=O)[C@H]1C. The Hall–Kier alpha value is -1.73. The first kappa shape index (κ1) is 34.2. The summed E-state index contributed by atoms with van der Waals surface area (Å²) < 4.78 is 31.6. The van der Waals surface area contributed by atoms with Crippen LogP contribution in [0, 0.1) is 34.5 Å². The summed E-state index contributed by atoms with van der Waals surface area (Å²) in [4.78, 5) is 49.2. The number of fused-ring (bicyclic) bond motifs is 2. The molecule has 4 saturated carbocycles. The Morgan fingerprint density at radius 2 is 0.837 bits per heavy atom. The van der Waals surface area contributed by atoms with Crippen molar-refractivity contribution in [2.75, 3.05) is 0 Å². The van der Waals surface area contributed by atoms with Gasteiger partial charge in [-0.15, -0.1) is 0 Å². The molecule has 4 aliphatic rings. The minimum absolute atomic E-state index is 0.153. The summed E-state index contributed by atoms with van der Waals surface area (Å²) in [5.74, 6) is -1.44. The lowest BCUT2D eigenvalue weighted by Gasteiger charge is -2.53. The van der Waals surface area contributed by atoms with Crippen molar-refractivity contribution in [2.24, 2.45) is 34.5 Å². The largest absolute Gasteiger partial charge is 0.462 e. The number of ether oxygens (including phenoxy) is 4. The van der Waals surface area contributed by atoms with E-state index in [9.17, 15) is 19.2 Å². The number of rotatable bonds is 8. The molecule has 2 unspecified atom stereocenters. The Bertz CT molecular complexity index is 1110. The van der Waals surface area contributed by atoms with Crippen molar-refractivity contribution in [3.63, 3.8) is 0 Å². The van der Waals surface area contributed by atoms with Gasteiger partial charge in [0.2, 0.25) is 0 Å². The average molecular weight is 639 g/mol. The van der Waals surface area contributed by atoms with Crippen LogP contribution in [0.15, 0.2) is 0 Å². The van der Waals surface area contributed by atoms with Gasteiger partial charge in [0.15, 0.2) is 16.6 Å². The van der Waals surface area contributed by atoms with Gasteiger partial charge in [-0.3, -0.25) is 19.2 Å². The number of hydrogen-bond donors (Lipinski definition) is 0. The van der Waals surface area contributed by atoms with E-state index in [4.69, 9.17) is 23.1 Å². The van der Waals surface area contributed by atoms with E-state index < -0.39 is 38.9 Å². The van der Waals surface area contributed by atoms with E-state index in [1.165, 1.54) is 27.7 Å².